The summed E-state index contributed by atoms with van der Waals surface area (Å²) in [6.07, 6.45) is 7.61. The zero-order valence-corrected chi connectivity index (χ0v) is 14.8. The summed E-state index contributed by atoms with van der Waals surface area (Å²) >= 11 is 0. The van der Waals surface area contributed by atoms with Crippen LogP contribution in [0.2, 0.25) is 0 Å². The summed E-state index contributed by atoms with van der Waals surface area (Å²) < 4.78 is 4.76. The van der Waals surface area contributed by atoms with Gasteiger partial charge in [0.05, 0.1) is 18.9 Å². The summed E-state index contributed by atoms with van der Waals surface area (Å²) in [5.74, 6) is 2.84. The predicted octanol–water partition coefficient (Wildman–Crippen LogP) is 3.25. The van der Waals surface area contributed by atoms with Crippen molar-refractivity contribution in [3.63, 3.8) is 0 Å². The Bertz CT molecular complexity index is 436. The minimum absolute atomic E-state index is 0.111. The zero-order chi connectivity index (χ0) is 16.6. The number of ether oxygens (including phenoxy) is 1. The SMILES string of the molecule is COC(=O)CCN(CC(C)C)C(=O)C12CC3CC(CC(C3)C1)C2. The molecule has 0 saturated heterocycles. The minimum Gasteiger partial charge on any atom is -0.469 e. The van der Waals surface area contributed by atoms with E-state index in [1.165, 1.54) is 26.4 Å². The first-order chi connectivity index (χ1) is 10.9. The lowest BCUT2D eigenvalue weighted by atomic mass is 9.49. The van der Waals surface area contributed by atoms with Crippen LogP contribution in [0.25, 0.3) is 0 Å². The molecule has 4 saturated carbocycles. The van der Waals surface area contributed by atoms with Crippen molar-refractivity contribution in [1.29, 1.82) is 0 Å². The monoisotopic (exact) mass is 321 g/mol. The maximum Gasteiger partial charge on any atom is 0.307 e. The maximum absolute atomic E-state index is 13.4. The molecule has 0 aromatic carbocycles. The molecule has 0 aromatic rings. The highest BCUT2D eigenvalue weighted by Gasteiger charge is 2.55. The summed E-state index contributed by atoms with van der Waals surface area (Å²) in [5, 5.41) is 0. The van der Waals surface area contributed by atoms with Gasteiger partial charge in [0.1, 0.15) is 0 Å². The van der Waals surface area contributed by atoms with Gasteiger partial charge in [0.2, 0.25) is 5.91 Å². The lowest BCUT2D eigenvalue weighted by molar-refractivity contribution is -0.159. The van der Waals surface area contributed by atoms with Crippen molar-refractivity contribution < 1.29 is 14.3 Å². The standard InChI is InChI=1S/C19H31NO3/c1-13(2)12-20(5-4-17(21)23-3)18(22)19-9-14-6-15(10-19)8-16(7-14)11-19/h13-16H,4-12H2,1-3H3. The second-order valence-corrected chi connectivity index (χ2v) is 8.67. The van der Waals surface area contributed by atoms with Gasteiger partial charge in [-0.3, -0.25) is 9.59 Å². The second-order valence-electron chi connectivity index (χ2n) is 8.67. The summed E-state index contributed by atoms with van der Waals surface area (Å²) in [6.45, 7) is 5.53. The topological polar surface area (TPSA) is 46.6 Å². The molecule has 4 aliphatic carbocycles. The fourth-order valence-electron chi connectivity index (χ4n) is 5.75. The normalized spacial score (nSPS) is 34.7. The number of nitrogens with zero attached hydrogens (tertiary/aromatic N) is 1. The molecule has 1 amide bonds. The Balaban J connectivity index is 1.73. The van der Waals surface area contributed by atoms with Gasteiger partial charge in [-0.15, -0.1) is 0 Å². The van der Waals surface area contributed by atoms with E-state index < -0.39 is 0 Å². The second kappa shape index (κ2) is 6.45. The molecule has 0 unspecified atom stereocenters. The van der Waals surface area contributed by atoms with Gasteiger partial charge < -0.3 is 9.64 Å². The van der Waals surface area contributed by atoms with E-state index in [0.717, 1.165) is 43.6 Å². The first kappa shape index (κ1) is 16.8. The third-order valence-corrected chi connectivity index (χ3v) is 6.18. The van der Waals surface area contributed by atoms with Crippen LogP contribution in [0, 0.1) is 29.1 Å². The average molecular weight is 321 g/mol. The first-order valence-electron chi connectivity index (χ1n) is 9.28. The predicted molar refractivity (Wildman–Crippen MR) is 88.7 cm³/mol. The van der Waals surface area contributed by atoms with Crippen molar-refractivity contribution >= 4 is 11.9 Å². The van der Waals surface area contributed by atoms with Crippen LogP contribution in [0.4, 0.5) is 0 Å². The Labute approximate surface area is 139 Å². The number of esters is 1. The number of methoxy groups -OCH3 is 1. The van der Waals surface area contributed by atoms with Crippen LogP contribution in [-0.2, 0) is 14.3 Å². The van der Waals surface area contributed by atoms with Crippen molar-refractivity contribution in [3.05, 3.63) is 0 Å². The molecule has 130 valence electrons. The van der Waals surface area contributed by atoms with Gasteiger partial charge in [-0.25, -0.2) is 0 Å². The van der Waals surface area contributed by atoms with E-state index in [4.69, 9.17) is 4.74 Å². The minimum atomic E-state index is -0.225. The van der Waals surface area contributed by atoms with E-state index in [1.807, 2.05) is 4.90 Å². The highest BCUT2D eigenvalue weighted by Crippen LogP contribution is 2.60. The van der Waals surface area contributed by atoms with Gasteiger partial charge in [-0.2, -0.15) is 0 Å². The molecule has 0 atom stereocenters. The van der Waals surface area contributed by atoms with Gasteiger partial charge >= 0.3 is 5.97 Å². The lowest BCUT2D eigenvalue weighted by Gasteiger charge is -2.56. The molecule has 4 rings (SSSR count). The van der Waals surface area contributed by atoms with Crippen LogP contribution in [0.3, 0.4) is 0 Å². The highest BCUT2D eigenvalue weighted by atomic mass is 16.5. The van der Waals surface area contributed by atoms with Gasteiger partial charge in [0.25, 0.3) is 0 Å². The number of carbonyl (C=O) groups is 2. The molecule has 0 heterocycles. The summed E-state index contributed by atoms with van der Waals surface area (Å²) in [6, 6.07) is 0. The van der Waals surface area contributed by atoms with E-state index in [9.17, 15) is 9.59 Å². The average Bonchev–Trinajstić information content (AvgIpc) is 2.48. The molecule has 0 aliphatic heterocycles. The van der Waals surface area contributed by atoms with Crippen molar-refractivity contribution in [1.82, 2.24) is 4.90 Å². The molecule has 23 heavy (non-hydrogen) atoms. The quantitative estimate of drug-likeness (QED) is 0.706. The van der Waals surface area contributed by atoms with Crippen LogP contribution in [0.15, 0.2) is 0 Å². The Morgan fingerprint density at radius 1 is 1.09 bits per heavy atom. The van der Waals surface area contributed by atoms with Crippen LogP contribution in [-0.4, -0.2) is 37.0 Å². The maximum atomic E-state index is 13.4. The van der Waals surface area contributed by atoms with Gasteiger partial charge in [-0.05, 0) is 62.2 Å². The lowest BCUT2D eigenvalue weighted by Crippen LogP contribution is -2.55. The Kier molecular flexibility index (Phi) is 4.70. The Morgan fingerprint density at radius 2 is 1.61 bits per heavy atom. The molecule has 0 N–H and O–H groups in total. The van der Waals surface area contributed by atoms with Crippen LogP contribution < -0.4 is 0 Å². The summed E-state index contributed by atoms with van der Waals surface area (Å²) in [4.78, 5) is 26.9. The number of rotatable bonds is 6. The van der Waals surface area contributed by atoms with E-state index in [2.05, 4.69) is 13.8 Å². The molecule has 4 fully saturated rings. The Hall–Kier alpha value is -1.06. The molecular formula is C19H31NO3. The van der Waals surface area contributed by atoms with E-state index in [1.54, 1.807) is 0 Å². The number of hydrogen-bond acceptors (Lipinski definition) is 3. The van der Waals surface area contributed by atoms with Crippen LogP contribution in [0.1, 0.15) is 58.8 Å². The van der Waals surface area contributed by atoms with E-state index in [0.29, 0.717) is 24.8 Å². The number of hydrogen-bond donors (Lipinski definition) is 0. The molecule has 0 spiro atoms. The largest absolute Gasteiger partial charge is 0.469 e. The van der Waals surface area contributed by atoms with Crippen LogP contribution >= 0.6 is 0 Å². The van der Waals surface area contributed by atoms with Crippen molar-refractivity contribution in [2.75, 3.05) is 20.2 Å². The number of carbonyl (C=O) groups excluding carboxylic acids is 2. The first-order valence-corrected chi connectivity index (χ1v) is 9.28. The van der Waals surface area contributed by atoms with Crippen molar-refractivity contribution in [2.45, 2.75) is 58.8 Å². The molecule has 4 bridgehead atoms. The fraction of sp³-hybridized carbons (Fsp3) is 0.895. The van der Waals surface area contributed by atoms with E-state index >= 15 is 0 Å². The van der Waals surface area contributed by atoms with Gasteiger partial charge in [-0.1, -0.05) is 13.8 Å². The number of amides is 1. The smallest absolute Gasteiger partial charge is 0.307 e. The molecular weight excluding hydrogens is 290 g/mol. The molecule has 4 nitrogen and oxygen atoms in total. The van der Waals surface area contributed by atoms with Gasteiger partial charge in [0.15, 0.2) is 0 Å². The van der Waals surface area contributed by atoms with Crippen LogP contribution in [0.5, 0.6) is 0 Å². The third-order valence-electron chi connectivity index (χ3n) is 6.18. The third kappa shape index (κ3) is 3.41. The van der Waals surface area contributed by atoms with E-state index in [-0.39, 0.29) is 11.4 Å². The van der Waals surface area contributed by atoms with Gasteiger partial charge in [0, 0.05) is 13.1 Å². The summed E-state index contributed by atoms with van der Waals surface area (Å²) in [7, 11) is 1.41. The molecule has 4 heteroatoms. The summed E-state index contributed by atoms with van der Waals surface area (Å²) in [5.41, 5.74) is -0.111. The zero-order valence-electron chi connectivity index (χ0n) is 14.8. The van der Waals surface area contributed by atoms with Crippen molar-refractivity contribution in [3.8, 4) is 0 Å². The molecule has 4 aliphatic rings. The highest BCUT2D eigenvalue weighted by molar-refractivity contribution is 5.84. The van der Waals surface area contributed by atoms with Crippen molar-refractivity contribution in [2.24, 2.45) is 29.1 Å². The Morgan fingerprint density at radius 3 is 2.04 bits per heavy atom. The molecule has 0 radical (unpaired) electrons. The molecule has 0 aromatic heterocycles. The fourth-order valence-corrected chi connectivity index (χ4v) is 5.75.